The largest absolute Gasteiger partial charge is 0.278 e. The average molecular weight is 601 g/mol. The predicted octanol–water partition coefficient (Wildman–Crippen LogP) is 8.97. The molecule has 9 rings (SSSR count). The number of halogens is 1. The second kappa shape index (κ2) is 9.65. The zero-order valence-corrected chi connectivity index (χ0v) is 25.9. The number of allylic oxidation sites excluding steroid dienone is 2. The van der Waals surface area contributed by atoms with Gasteiger partial charge in [0.15, 0.2) is 0 Å². The molecule has 0 N–H and O–H groups in total. The lowest BCUT2D eigenvalue weighted by atomic mass is 9.93. The third-order valence-corrected chi connectivity index (χ3v) is 9.05. The van der Waals surface area contributed by atoms with Gasteiger partial charge in [-0.05, 0) is 78.1 Å². The lowest BCUT2D eigenvalue weighted by Crippen LogP contribution is -2.42. The molecule has 6 aromatic rings. The molecule has 0 bridgehead atoms. The second-order valence-electron chi connectivity index (χ2n) is 12.6. The lowest BCUT2D eigenvalue weighted by Gasteiger charge is -2.31. The maximum Gasteiger partial charge on any atom is 0.242 e. The molecular formula is C39H29FN6. The van der Waals surface area contributed by atoms with Crippen molar-refractivity contribution in [3.05, 3.63) is 130 Å². The standard InChI is InChI=1S/C39H29FN6/c1-21-5-9-28-25(13-21)17-26(32-14-22(2)6-10-29(28)32)18-35-41-36-19-27(40)20-37-43-39(44-38(42-35)46(36)37)45-33-15-23(3)7-11-30(33)31-12-8-24(4)16-34(31)45/h5-17,19-20H,18H2,1-4H3. The highest BCUT2D eigenvalue weighted by Gasteiger charge is 2.33. The Balaban J connectivity index is 1.23. The van der Waals surface area contributed by atoms with Crippen LogP contribution in [0.3, 0.4) is 0 Å². The maximum absolute atomic E-state index is 15.2. The first-order valence-electron chi connectivity index (χ1n) is 15.5. The highest BCUT2D eigenvalue weighted by molar-refractivity contribution is 6.23. The van der Waals surface area contributed by atoms with E-state index in [4.69, 9.17) is 20.0 Å². The minimum Gasteiger partial charge on any atom is -0.278 e. The molecule has 46 heavy (non-hydrogen) atoms. The molecule has 6 nitrogen and oxygen atoms in total. The Morgan fingerprint density at radius 2 is 1.20 bits per heavy atom. The molecule has 4 heterocycles. The molecule has 0 amide bonds. The van der Waals surface area contributed by atoms with Crippen molar-refractivity contribution in [1.29, 1.82) is 0 Å². The Labute approximate surface area is 264 Å². The van der Waals surface area contributed by atoms with Crippen LogP contribution in [-0.4, -0.2) is 33.1 Å². The summed E-state index contributed by atoms with van der Waals surface area (Å²) in [4.78, 5) is 21.5. The predicted molar refractivity (Wildman–Crippen MR) is 188 cm³/mol. The summed E-state index contributed by atoms with van der Waals surface area (Å²) in [5, 5.41) is 6.97. The van der Waals surface area contributed by atoms with Crippen LogP contribution < -0.4 is 0 Å². The Morgan fingerprint density at radius 3 is 1.91 bits per heavy atom. The van der Waals surface area contributed by atoms with Gasteiger partial charge in [0.05, 0.1) is 11.0 Å². The van der Waals surface area contributed by atoms with Crippen molar-refractivity contribution in [2.45, 2.75) is 34.1 Å². The van der Waals surface area contributed by atoms with Crippen LogP contribution in [0.1, 0.15) is 27.8 Å². The van der Waals surface area contributed by atoms with E-state index in [0.29, 0.717) is 35.8 Å². The Kier molecular flexibility index (Phi) is 5.60. The first kappa shape index (κ1) is 26.7. The molecule has 0 saturated heterocycles. The topological polar surface area (TPSA) is 57.6 Å². The van der Waals surface area contributed by atoms with Crippen molar-refractivity contribution in [2.75, 3.05) is 0 Å². The quantitative estimate of drug-likeness (QED) is 0.183. The van der Waals surface area contributed by atoms with E-state index in [2.05, 4.69) is 111 Å². The number of fused-ring (bicyclic) bond motifs is 6. The van der Waals surface area contributed by atoms with Crippen LogP contribution in [0.25, 0.3) is 43.4 Å². The minimum absolute atomic E-state index is 0.402. The van der Waals surface area contributed by atoms with Gasteiger partial charge < -0.3 is 0 Å². The van der Waals surface area contributed by atoms with Gasteiger partial charge in [0, 0.05) is 29.3 Å². The molecule has 0 atom stereocenters. The number of hydrogen-bond donors (Lipinski definition) is 0. The summed E-state index contributed by atoms with van der Waals surface area (Å²) < 4.78 is 17.2. The maximum atomic E-state index is 15.2. The number of guanidine groups is 1. The number of benzene rings is 5. The third kappa shape index (κ3) is 4.08. The van der Waals surface area contributed by atoms with Crippen LogP contribution in [0.2, 0.25) is 0 Å². The van der Waals surface area contributed by atoms with Crippen LogP contribution in [0.5, 0.6) is 0 Å². The number of aromatic nitrogens is 1. The SMILES string of the molecule is Cc1ccc2c(c1)cc(CC1=NC3=NC(n4c5cc(C)ccc5c5ccc(C)cc54)=NC4=CC(F)=CC(=N1)N43)c1cc(C)ccc12. The number of hydrogen-bond acceptors (Lipinski definition) is 5. The molecule has 0 saturated carbocycles. The molecule has 0 unspecified atom stereocenters. The second-order valence-corrected chi connectivity index (χ2v) is 12.6. The van der Waals surface area contributed by atoms with Gasteiger partial charge in [-0.2, -0.15) is 15.0 Å². The fraction of sp³-hybridized carbons (Fsp3) is 0.128. The van der Waals surface area contributed by atoms with Crippen LogP contribution in [0.15, 0.2) is 123 Å². The van der Waals surface area contributed by atoms with E-state index in [-0.39, 0.29) is 0 Å². The number of nitrogens with zero attached hydrogens (tertiary/aromatic N) is 6. The van der Waals surface area contributed by atoms with Crippen LogP contribution >= 0.6 is 0 Å². The van der Waals surface area contributed by atoms with Crippen molar-refractivity contribution < 1.29 is 4.39 Å². The molecule has 5 aromatic carbocycles. The van der Waals surface area contributed by atoms with Gasteiger partial charge >= 0.3 is 0 Å². The van der Waals surface area contributed by atoms with Crippen molar-refractivity contribution >= 4 is 66.9 Å². The van der Waals surface area contributed by atoms with Gasteiger partial charge in [-0.25, -0.2) is 14.3 Å². The number of aliphatic imine (C=N–C) groups is 4. The molecule has 222 valence electrons. The molecular weight excluding hydrogens is 571 g/mol. The first-order valence-corrected chi connectivity index (χ1v) is 15.5. The molecule has 0 spiro atoms. The third-order valence-electron chi connectivity index (χ3n) is 9.05. The monoisotopic (exact) mass is 600 g/mol. The summed E-state index contributed by atoms with van der Waals surface area (Å²) in [5.41, 5.74) is 7.75. The molecule has 3 aliphatic heterocycles. The molecule has 0 aliphatic carbocycles. The van der Waals surface area contributed by atoms with Crippen molar-refractivity contribution in [3.63, 3.8) is 0 Å². The molecule has 1 aromatic heterocycles. The van der Waals surface area contributed by atoms with Gasteiger partial charge in [-0.1, -0.05) is 77.9 Å². The van der Waals surface area contributed by atoms with E-state index in [1.165, 1.54) is 39.4 Å². The van der Waals surface area contributed by atoms with Gasteiger partial charge in [0.2, 0.25) is 11.9 Å². The summed E-state index contributed by atoms with van der Waals surface area (Å²) >= 11 is 0. The number of rotatable bonds is 2. The molecule has 0 fully saturated rings. The van der Waals surface area contributed by atoms with Crippen molar-refractivity contribution in [1.82, 2.24) is 9.47 Å². The smallest absolute Gasteiger partial charge is 0.242 e. The molecule has 0 radical (unpaired) electrons. The number of amidine groups is 2. The minimum atomic E-state index is -0.410. The van der Waals surface area contributed by atoms with E-state index >= 15 is 4.39 Å². The average Bonchev–Trinajstić information content (AvgIpc) is 3.32. The Morgan fingerprint density at radius 1 is 0.565 bits per heavy atom. The fourth-order valence-electron chi connectivity index (χ4n) is 6.94. The van der Waals surface area contributed by atoms with E-state index in [9.17, 15) is 0 Å². The highest BCUT2D eigenvalue weighted by Crippen LogP contribution is 2.35. The van der Waals surface area contributed by atoms with Crippen LogP contribution in [0.4, 0.5) is 4.39 Å². The zero-order chi connectivity index (χ0) is 31.3. The Hall–Kier alpha value is -5.69. The summed E-state index contributed by atoms with van der Waals surface area (Å²) in [6, 6.07) is 28.2. The van der Waals surface area contributed by atoms with Gasteiger partial charge in [-0.3, -0.25) is 4.57 Å². The van der Waals surface area contributed by atoms with Crippen molar-refractivity contribution in [2.24, 2.45) is 20.0 Å². The fourth-order valence-corrected chi connectivity index (χ4v) is 6.94. The Bertz CT molecular complexity index is 2500. The zero-order valence-electron chi connectivity index (χ0n) is 25.9. The first-order chi connectivity index (χ1) is 22.3. The number of aryl methyl sites for hydroxylation is 4. The molecule has 3 aliphatic rings. The van der Waals surface area contributed by atoms with Gasteiger partial charge in [-0.15, -0.1) is 0 Å². The van der Waals surface area contributed by atoms with E-state index in [1.807, 2.05) is 0 Å². The van der Waals surface area contributed by atoms with E-state index < -0.39 is 5.83 Å². The van der Waals surface area contributed by atoms with Crippen molar-refractivity contribution in [3.8, 4) is 0 Å². The summed E-state index contributed by atoms with van der Waals surface area (Å²) in [6.45, 7) is 8.37. The molecule has 7 heteroatoms. The summed E-state index contributed by atoms with van der Waals surface area (Å²) in [6.07, 6.45) is 3.31. The summed E-state index contributed by atoms with van der Waals surface area (Å²) in [5.74, 6) is 1.85. The van der Waals surface area contributed by atoms with E-state index in [0.717, 1.165) is 43.9 Å². The lowest BCUT2D eigenvalue weighted by molar-refractivity contribution is 0.630. The van der Waals surface area contributed by atoms with Crippen LogP contribution in [-0.2, 0) is 6.42 Å². The summed E-state index contributed by atoms with van der Waals surface area (Å²) in [7, 11) is 0. The van der Waals surface area contributed by atoms with Crippen LogP contribution in [0, 0.1) is 27.7 Å². The van der Waals surface area contributed by atoms with Gasteiger partial charge in [0.1, 0.15) is 23.3 Å². The van der Waals surface area contributed by atoms with E-state index in [1.54, 1.807) is 4.90 Å². The van der Waals surface area contributed by atoms with Gasteiger partial charge in [0.25, 0.3) is 0 Å². The highest BCUT2D eigenvalue weighted by atomic mass is 19.1. The normalized spacial score (nSPS) is 15.9.